The largest absolute Gasteiger partial charge is 0.411 e. The molecule has 49 heavy (non-hydrogen) atoms. The van der Waals surface area contributed by atoms with Gasteiger partial charge >= 0.3 is 6.03 Å². The number of benzene rings is 2. The Morgan fingerprint density at radius 2 is 1.73 bits per heavy atom. The van der Waals surface area contributed by atoms with Crippen LogP contribution in [0.2, 0.25) is 0 Å². The van der Waals surface area contributed by atoms with Crippen molar-refractivity contribution in [1.82, 2.24) is 29.6 Å². The number of hydrogen-bond donors (Lipinski definition) is 3. The number of nitrogens with zero attached hydrogens (tertiary/aromatic N) is 6. The Kier molecular flexibility index (Phi) is 13.2. The number of urea groups is 1. The molecule has 2 unspecified atom stereocenters. The highest BCUT2D eigenvalue weighted by Gasteiger charge is 2.41. The Hall–Kier alpha value is -4.40. The average molecular weight is 694 g/mol. The molecule has 13 nitrogen and oxygen atoms in total. The fourth-order valence-electron chi connectivity index (χ4n) is 5.94. The van der Waals surface area contributed by atoms with Crippen molar-refractivity contribution in [3.8, 4) is 0 Å². The van der Waals surface area contributed by atoms with E-state index in [1.54, 1.807) is 28.3 Å². The molecule has 4 rings (SSSR count). The topological polar surface area (TPSA) is 169 Å². The van der Waals surface area contributed by atoms with Crippen LogP contribution < -0.4 is 5.32 Å². The third-order valence-corrected chi connectivity index (χ3v) is 10.6. The van der Waals surface area contributed by atoms with Gasteiger partial charge in [0.05, 0.1) is 29.5 Å². The molecule has 264 valence electrons. The lowest BCUT2D eigenvalue weighted by Gasteiger charge is -2.35. The van der Waals surface area contributed by atoms with Crippen LogP contribution in [-0.2, 0) is 27.8 Å². The summed E-state index contributed by atoms with van der Waals surface area (Å²) in [6, 6.07) is 15.1. The van der Waals surface area contributed by atoms with E-state index in [0.29, 0.717) is 31.6 Å². The molecule has 0 aliphatic carbocycles. The Balaban J connectivity index is 1.59. The third-order valence-electron chi connectivity index (χ3n) is 8.71. The molecular weight excluding hydrogens is 646 g/mol. The first-order valence-corrected chi connectivity index (χ1v) is 18.0. The van der Waals surface area contributed by atoms with E-state index in [2.05, 4.69) is 20.7 Å². The molecule has 2 aromatic carbocycles. The number of aliphatic hydroxyl groups excluding tert-OH is 1. The lowest BCUT2D eigenvalue weighted by molar-refractivity contribution is -0.128. The average Bonchev–Trinajstić information content (AvgIpc) is 3.43. The summed E-state index contributed by atoms with van der Waals surface area (Å²) in [5.41, 5.74) is 2.20. The minimum atomic E-state index is -4.06. The Bertz CT molecular complexity index is 1640. The molecule has 0 radical (unpaired) electrons. The number of carbonyl (C=O) groups excluding carboxylic acids is 2. The molecule has 3 N–H and O–H groups in total. The van der Waals surface area contributed by atoms with Gasteiger partial charge in [-0.1, -0.05) is 81.7 Å². The minimum Gasteiger partial charge on any atom is -0.411 e. The number of aliphatic hydroxyl groups is 1. The second-order valence-corrected chi connectivity index (χ2v) is 14.8. The maximum absolute atomic E-state index is 14.2. The van der Waals surface area contributed by atoms with Crippen molar-refractivity contribution in [3.05, 3.63) is 89.7 Å². The SMILES string of the molecule is CCC(C)C(C(=O)N[C@@H](Cc1ccccc1)[C@H](O)CN(CC(C)C)S(=O)(=O)c1ccc(/C=N/O)cc1)N1CCN(Cc2ccnnc2)C1=O. The van der Waals surface area contributed by atoms with Gasteiger partial charge in [0.1, 0.15) is 6.04 Å². The summed E-state index contributed by atoms with van der Waals surface area (Å²) in [5, 5.41) is 34.3. The van der Waals surface area contributed by atoms with Crippen LogP contribution in [-0.4, -0.2) is 106 Å². The molecule has 2 heterocycles. The van der Waals surface area contributed by atoms with Gasteiger partial charge in [0.25, 0.3) is 0 Å². The number of rotatable bonds is 17. The molecule has 1 saturated heterocycles. The minimum absolute atomic E-state index is 0.0237. The second-order valence-electron chi connectivity index (χ2n) is 12.9. The van der Waals surface area contributed by atoms with E-state index in [-0.39, 0.29) is 42.3 Å². The van der Waals surface area contributed by atoms with Crippen LogP contribution in [0.3, 0.4) is 0 Å². The van der Waals surface area contributed by atoms with Crippen LogP contribution >= 0.6 is 0 Å². The van der Waals surface area contributed by atoms with Crippen LogP contribution in [0.25, 0.3) is 0 Å². The van der Waals surface area contributed by atoms with Gasteiger partial charge in [-0.25, -0.2) is 13.2 Å². The first-order chi connectivity index (χ1) is 23.4. The standard InChI is InChI=1S/C35H47N7O6S/c1-5-26(4)33(42-18-17-40(35(42)45)23-29-15-16-36-37-20-29)34(44)39-31(19-27-9-7-6-8-10-27)32(43)24-41(22-25(2)3)49(47,48)30-13-11-28(12-14-30)21-38-46/h6-16,20-21,25-26,31-33,43,46H,5,17-19,22-24H2,1-4H3,(H,39,44)/b38-21+/t26?,31-,32+,33?/m0/s1. The number of aromatic nitrogens is 2. The van der Waals surface area contributed by atoms with Crippen molar-refractivity contribution in [2.75, 3.05) is 26.2 Å². The molecule has 0 bridgehead atoms. The highest BCUT2D eigenvalue weighted by atomic mass is 32.2. The first-order valence-electron chi connectivity index (χ1n) is 16.6. The molecule has 3 aromatic rings. The smallest absolute Gasteiger partial charge is 0.321 e. The lowest BCUT2D eigenvalue weighted by Crippen LogP contribution is -2.57. The summed E-state index contributed by atoms with van der Waals surface area (Å²) < 4.78 is 29.0. The quantitative estimate of drug-likeness (QED) is 0.110. The zero-order chi connectivity index (χ0) is 35.6. The first kappa shape index (κ1) is 37.4. The molecule has 1 aromatic heterocycles. The number of hydrogen-bond acceptors (Lipinski definition) is 9. The van der Waals surface area contributed by atoms with Gasteiger partial charge in [0.2, 0.25) is 15.9 Å². The van der Waals surface area contributed by atoms with E-state index >= 15 is 0 Å². The summed E-state index contributed by atoms with van der Waals surface area (Å²) in [5.74, 6) is -0.668. The van der Waals surface area contributed by atoms with Gasteiger partial charge in [-0.2, -0.15) is 14.5 Å². The predicted molar refractivity (Wildman–Crippen MR) is 185 cm³/mol. The van der Waals surface area contributed by atoms with Crippen LogP contribution in [0, 0.1) is 11.8 Å². The van der Waals surface area contributed by atoms with Gasteiger partial charge in [0, 0.05) is 38.9 Å². The summed E-state index contributed by atoms with van der Waals surface area (Å²) in [7, 11) is -4.06. The molecule has 1 fully saturated rings. The van der Waals surface area contributed by atoms with Crippen molar-refractivity contribution in [3.63, 3.8) is 0 Å². The molecule has 1 aliphatic rings. The van der Waals surface area contributed by atoms with Crippen molar-refractivity contribution in [2.24, 2.45) is 17.0 Å². The maximum atomic E-state index is 14.2. The van der Waals surface area contributed by atoms with Gasteiger partial charge in [-0.3, -0.25) is 4.79 Å². The van der Waals surface area contributed by atoms with E-state index in [1.165, 1.54) is 34.8 Å². The van der Waals surface area contributed by atoms with Gasteiger partial charge < -0.3 is 25.4 Å². The van der Waals surface area contributed by atoms with Crippen LogP contribution in [0.1, 0.15) is 50.8 Å². The van der Waals surface area contributed by atoms with Gasteiger partial charge in [-0.05, 0) is 53.1 Å². The highest BCUT2D eigenvalue weighted by Crippen LogP contribution is 2.24. The van der Waals surface area contributed by atoms with Gasteiger partial charge in [-0.15, -0.1) is 0 Å². The summed E-state index contributed by atoms with van der Waals surface area (Å²) in [6.07, 6.45) is 3.95. The van der Waals surface area contributed by atoms with Gasteiger partial charge in [0.15, 0.2) is 0 Å². The molecular formula is C35H47N7O6S. The van der Waals surface area contributed by atoms with E-state index < -0.39 is 34.1 Å². The molecule has 14 heteroatoms. The zero-order valence-electron chi connectivity index (χ0n) is 28.5. The molecule has 4 atom stereocenters. The predicted octanol–water partition coefficient (Wildman–Crippen LogP) is 3.37. The highest BCUT2D eigenvalue weighted by molar-refractivity contribution is 7.89. The maximum Gasteiger partial charge on any atom is 0.321 e. The Morgan fingerprint density at radius 1 is 1.02 bits per heavy atom. The summed E-state index contributed by atoms with van der Waals surface area (Å²) >= 11 is 0. The molecule has 1 aliphatic heterocycles. The van der Waals surface area contributed by atoms with E-state index in [0.717, 1.165) is 11.1 Å². The number of carbonyl (C=O) groups is 2. The molecule has 3 amide bonds. The van der Waals surface area contributed by atoms with Crippen molar-refractivity contribution in [2.45, 2.75) is 70.2 Å². The second kappa shape index (κ2) is 17.3. The number of amides is 3. The van der Waals surface area contributed by atoms with Crippen LogP contribution in [0.5, 0.6) is 0 Å². The normalized spacial score (nSPS) is 16.3. The number of nitrogens with one attached hydrogen (secondary N) is 1. The van der Waals surface area contributed by atoms with Crippen LogP contribution in [0.15, 0.2) is 83.1 Å². The van der Waals surface area contributed by atoms with E-state index in [1.807, 2.05) is 58.0 Å². The summed E-state index contributed by atoms with van der Waals surface area (Å²) in [6.45, 7) is 8.64. The van der Waals surface area contributed by atoms with Crippen molar-refractivity contribution in [1.29, 1.82) is 0 Å². The van der Waals surface area contributed by atoms with E-state index in [4.69, 9.17) is 5.21 Å². The fraction of sp³-hybridized carbons (Fsp3) is 0.457. The Morgan fingerprint density at radius 3 is 2.35 bits per heavy atom. The molecule has 0 spiro atoms. The summed E-state index contributed by atoms with van der Waals surface area (Å²) in [4.78, 5) is 31.1. The zero-order valence-corrected chi connectivity index (χ0v) is 29.3. The van der Waals surface area contributed by atoms with Crippen molar-refractivity contribution >= 4 is 28.2 Å². The van der Waals surface area contributed by atoms with E-state index in [9.17, 15) is 23.1 Å². The monoisotopic (exact) mass is 693 g/mol. The molecule has 0 saturated carbocycles. The van der Waals surface area contributed by atoms with Crippen molar-refractivity contribution < 1.29 is 28.3 Å². The fourth-order valence-corrected chi connectivity index (χ4v) is 7.57. The van der Waals surface area contributed by atoms with Crippen LogP contribution in [0.4, 0.5) is 4.79 Å². The lowest BCUT2D eigenvalue weighted by atomic mass is 9.95. The number of sulfonamides is 1. The Labute approximate surface area is 288 Å². The third kappa shape index (κ3) is 9.83. The number of oxime groups is 1.